The molecule has 152 valence electrons. The van der Waals surface area contributed by atoms with E-state index in [4.69, 9.17) is 9.47 Å². The first kappa shape index (κ1) is 19.1. The lowest BCUT2D eigenvalue weighted by molar-refractivity contribution is -0.137. The smallest absolute Gasteiger partial charge is 0.416 e. The van der Waals surface area contributed by atoms with Crippen molar-refractivity contribution in [2.45, 2.75) is 18.7 Å². The zero-order valence-electron chi connectivity index (χ0n) is 15.5. The molecule has 1 N–H and O–H groups in total. The maximum atomic E-state index is 12.8. The first-order valence-corrected chi connectivity index (χ1v) is 8.99. The molecule has 1 aliphatic heterocycles. The molecule has 1 atom stereocenters. The number of rotatable bonds is 4. The number of alkyl halides is 3. The summed E-state index contributed by atoms with van der Waals surface area (Å²) in [5.74, 6) is 0.390. The third-order valence-corrected chi connectivity index (χ3v) is 4.84. The Kier molecular flexibility index (Phi) is 4.81. The Morgan fingerprint density at radius 3 is 2.83 bits per heavy atom. The summed E-state index contributed by atoms with van der Waals surface area (Å²) in [6.07, 6.45) is -3.30. The molecule has 2 aromatic heterocycles. The number of benzene rings is 1. The van der Waals surface area contributed by atoms with E-state index in [1.54, 1.807) is 24.1 Å². The summed E-state index contributed by atoms with van der Waals surface area (Å²) in [4.78, 5) is 21.3. The van der Waals surface area contributed by atoms with Gasteiger partial charge in [-0.05, 0) is 24.3 Å². The van der Waals surface area contributed by atoms with Crippen LogP contribution in [0.15, 0.2) is 42.6 Å². The molecule has 29 heavy (non-hydrogen) atoms. The van der Waals surface area contributed by atoms with Crippen LogP contribution in [-0.4, -0.2) is 47.1 Å². The number of carbonyl (C=O) groups is 1. The van der Waals surface area contributed by atoms with Crippen molar-refractivity contribution in [1.29, 1.82) is 0 Å². The topological polar surface area (TPSA) is 67.4 Å². The molecule has 1 saturated heterocycles. The van der Waals surface area contributed by atoms with Crippen LogP contribution < -0.4 is 9.47 Å². The third kappa shape index (κ3) is 3.98. The molecular weight excluding hydrogens is 387 g/mol. The second-order valence-electron chi connectivity index (χ2n) is 6.80. The van der Waals surface area contributed by atoms with Crippen molar-refractivity contribution in [3.8, 4) is 11.6 Å². The number of amides is 1. The Morgan fingerprint density at radius 1 is 1.24 bits per heavy atom. The third-order valence-electron chi connectivity index (χ3n) is 4.84. The zero-order chi connectivity index (χ0) is 20.6. The normalized spacial score (nSPS) is 17.0. The lowest BCUT2D eigenvalue weighted by Crippen LogP contribution is -2.31. The van der Waals surface area contributed by atoms with E-state index in [0.29, 0.717) is 24.4 Å². The van der Waals surface area contributed by atoms with Crippen LogP contribution in [0, 0.1) is 0 Å². The molecule has 0 bridgehead atoms. The van der Waals surface area contributed by atoms with Crippen molar-refractivity contribution >= 4 is 16.8 Å². The lowest BCUT2D eigenvalue weighted by Gasteiger charge is -2.16. The number of hydrogen-bond donors (Lipinski definition) is 1. The predicted molar refractivity (Wildman–Crippen MR) is 99.0 cm³/mol. The molecule has 3 heterocycles. The van der Waals surface area contributed by atoms with Crippen molar-refractivity contribution in [1.82, 2.24) is 14.9 Å². The van der Waals surface area contributed by atoms with Gasteiger partial charge in [-0.15, -0.1) is 0 Å². The van der Waals surface area contributed by atoms with E-state index < -0.39 is 17.8 Å². The average Bonchev–Trinajstić information content (AvgIpc) is 3.33. The maximum Gasteiger partial charge on any atom is 0.416 e. The van der Waals surface area contributed by atoms with E-state index in [1.165, 1.54) is 0 Å². The van der Waals surface area contributed by atoms with Crippen LogP contribution >= 0.6 is 0 Å². The second kappa shape index (κ2) is 7.31. The zero-order valence-corrected chi connectivity index (χ0v) is 15.5. The van der Waals surface area contributed by atoms with Gasteiger partial charge in [-0.2, -0.15) is 13.2 Å². The number of carbonyl (C=O) groups excluding carboxylic acids is 1. The van der Waals surface area contributed by atoms with Crippen LogP contribution in [0.1, 0.15) is 22.5 Å². The maximum absolute atomic E-state index is 12.8. The summed E-state index contributed by atoms with van der Waals surface area (Å²) >= 11 is 0. The fourth-order valence-corrected chi connectivity index (χ4v) is 3.35. The SMILES string of the molecule is COc1ccc2cc(C(=O)N3CC[C@@H](Oc4cc(C(F)(F)F)ccn4)C3)[nH]c2c1. The molecule has 0 radical (unpaired) electrons. The van der Waals surface area contributed by atoms with E-state index in [2.05, 4.69) is 9.97 Å². The Balaban J connectivity index is 1.44. The van der Waals surface area contributed by atoms with Gasteiger partial charge < -0.3 is 19.4 Å². The number of H-pyrrole nitrogens is 1. The van der Waals surface area contributed by atoms with E-state index in [9.17, 15) is 18.0 Å². The first-order valence-electron chi connectivity index (χ1n) is 8.99. The molecular formula is C20H18F3N3O3. The molecule has 3 aromatic rings. The van der Waals surface area contributed by atoms with Gasteiger partial charge in [0, 0.05) is 42.2 Å². The fourth-order valence-electron chi connectivity index (χ4n) is 3.35. The van der Waals surface area contributed by atoms with E-state index in [1.807, 2.05) is 12.1 Å². The van der Waals surface area contributed by atoms with Crippen LogP contribution in [0.2, 0.25) is 0 Å². The second-order valence-corrected chi connectivity index (χ2v) is 6.80. The van der Waals surface area contributed by atoms with E-state index in [0.717, 1.165) is 29.2 Å². The Labute approximate surface area is 164 Å². The highest BCUT2D eigenvalue weighted by atomic mass is 19.4. The molecule has 6 nitrogen and oxygen atoms in total. The van der Waals surface area contributed by atoms with Crippen LogP contribution in [-0.2, 0) is 6.18 Å². The van der Waals surface area contributed by atoms with Gasteiger partial charge in [0.05, 0.1) is 19.2 Å². The van der Waals surface area contributed by atoms with Gasteiger partial charge >= 0.3 is 6.18 Å². The number of pyridine rings is 1. The van der Waals surface area contributed by atoms with Crippen molar-refractivity contribution < 1.29 is 27.4 Å². The highest BCUT2D eigenvalue weighted by molar-refractivity contribution is 5.98. The molecule has 1 amide bonds. The highest BCUT2D eigenvalue weighted by Gasteiger charge is 2.32. The van der Waals surface area contributed by atoms with Gasteiger partial charge in [-0.3, -0.25) is 4.79 Å². The fraction of sp³-hybridized carbons (Fsp3) is 0.300. The number of nitrogens with zero attached hydrogens (tertiary/aromatic N) is 2. The molecule has 1 fully saturated rings. The quantitative estimate of drug-likeness (QED) is 0.715. The van der Waals surface area contributed by atoms with Crippen molar-refractivity contribution in [2.24, 2.45) is 0 Å². The predicted octanol–water partition coefficient (Wildman–Crippen LogP) is 3.88. The summed E-state index contributed by atoms with van der Waals surface area (Å²) in [6.45, 7) is 0.719. The van der Waals surface area contributed by atoms with Gasteiger partial charge in [0.2, 0.25) is 5.88 Å². The Hall–Kier alpha value is -3.23. The van der Waals surface area contributed by atoms with E-state index in [-0.39, 0.29) is 18.3 Å². The molecule has 1 aromatic carbocycles. The van der Waals surface area contributed by atoms with Crippen LogP contribution in [0.4, 0.5) is 13.2 Å². The van der Waals surface area contributed by atoms with Crippen molar-refractivity contribution in [3.63, 3.8) is 0 Å². The number of fused-ring (bicyclic) bond motifs is 1. The number of hydrogen-bond acceptors (Lipinski definition) is 4. The summed E-state index contributed by atoms with van der Waals surface area (Å²) in [7, 11) is 1.57. The number of aromatic amines is 1. The van der Waals surface area contributed by atoms with Gasteiger partial charge in [-0.25, -0.2) is 4.98 Å². The molecule has 0 aliphatic carbocycles. The van der Waals surface area contributed by atoms with E-state index >= 15 is 0 Å². The van der Waals surface area contributed by atoms with Gasteiger partial charge in [0.15, 0.2) is 0 Å². The summed E-state index contributed by atoms with van der Waals surface area (Å²) in [6, 6.07) is 9.00. The van der Waals surface area contributed by atoms with Gasteiger partial charge in [0.25, 0.3) is 5.91 Å². The number of nitrogens with one attached hydrogen (secondary N) is 1. The molecule has 9 heteroatoms. The summed E-state index contributed by atoms with van der Waals surface area (Å²) in [5, 5.41) is 0.884. The number of likely N-dealkylation sites (tertiary alicyclic amines) is 1. The number of methoxy groups -OCH3 is 1. The largest absolute Gasteiger partial charge is 0.497 e. The Bertz CT molecular complexity index is 1050. The van der Waals surface area contributed by atoms with Gasteiger partial charge in [-0.1, -0.05) is 0 Å². The minimum atomic E-state index is -4.46. The van der Waals surface area contributed by atoms with Crippen molar-refractivity contribution in [2.75, 3.05) is 20.2 Å². The van der Waals surface area contributed by atoms with Crippen molar-refractivity contribution in [3.05, 3.63) is 53.9 Å². The Morgan fingerprint density at radius 2 is 2.07 bits per heavy atom. The number of aromatic nitrogens is 2. The lowest BCUT2D eigenvalue weighted by atomic mass is 10.2. The molecule has 4 rings (SSSR count). The molecule has 1 aliphatic rings. The highest BCUT2D eigenvalue weighted by Crippen LogP contribution is 2.31. The first-order chi connectivity index (χ1) is 13.8. The van der Waals surface area contributed by atoms with Crippen LogP contribution in [0.3, 0.4) is 0 Å². The van der Waals surface area contributed by atoms with Crippen LogP contribution in [0.25, 0.3) is 10.9 Å². The summed E-state index contributed by atoms with van der Waals surface area (Å²) in [5.41, 5.74) is 0.404. The van der Waals surface area contributed by atoms with Gasteiger partial charge in [0.1, 0.15) is 17.5 Å². The molecule has 0 saturated carbocycles. The minimum absolute atomic E-state index is 0.100. The number of ether oxygens (including phenoxy) is 2. The molecule has 0 unspecified atom stereocenters. The monoisotopic (exact) mass is 405 g/mol. The standard InChI is InChI=1S/C20H18F3N3O3/c1-28-14-3-2-12-8-17(25-16(12)10-14)19(27)26-7-5-15(11-26)29-18-9-13(4-6-24-18)20(21,22)23/h2-4,6,8-10,15,25H,5,7,11H2,1H3/t15-/m1/s1. The number of halogens is 3. The van der Waals surface area contributed by atoms with Crippen LogP contribution in [0.5, 0.6) is 11.6 Å². The average molecular weight is 405 g/mol. The molecule has 0 spiro atoms. The minimum Gasteiger partial charge on any atom is -0.497 e. The summed E-state index contributed by atoms with van der Waals surface area (Å²) < 4.78 is 49.2.